The molecule has 0 spiro atoms. The highest BCUT2D eigenvalue weighted by Crippen LogP contribution is 2.43. The van der Waals surface area contributed by atoms with Gasteiger partial charge in [-0.25, -0.2) is 0 Å². The molecule has 0 heterocycles. The summed E-state index contributed by atoms with van der Waals surface area (Å²) >= 11 is 3.65. The van der Waals surface area contributed by atoms with Crippen molar-refractivity contribution in [2.24, 2.45) is 11.3 Å². The molecule has 0 aliphatic heterocycles. The first-order valence-electron chi connectivity index (χ1n) is 6.24. The van der Waals surface area contributed by atoms with Crippen molar-refractivity contribution in [3.05, 3.63) is 11.1 Å². The predicted octanol–water partition coefficient (Wildman–Crippen LogP) is 4.13. The van der Waals surface area contributed by atoms with Gasteiger partial charge in [0.25, 0.3) is 0 Å². The third-order valence-corrected chi connectivity index (χ3v) is 4.83. The van der Waals surface area contributed by atoms with E-state index in [1.807, 2.05) is 0 Å². The smallest absolute Gasteiger partial charge is 0.171 e. The van der Waals surface area contributed by atoms with Crippen molar-refractivity contribution in [2.45, 2.75) is 46.7 Å². The van der Waals surface area contributed by atoms with Crippen LogP contribution in [0.2, 0.25) is 13.1 Å². The Bertz CT molecular complexity index is 266. The van der Waals surface area contributed by atoms with Crippen LogP contribution in [0.25, 0.3) is 0 Å². The Labute approximate surface area is 111 Å². The van der Waals surface area contributed by atoms with E-state index in [1.165, 1.54) is 12.8 Å². The number of allylic oxidation sites excluding steroid dienone is 1. The van der Waals surface area contributed by atoms with E-state index in [4.69, 9.17) is 4.43 Å². The van der Waals surface area contributed by atoms with Crippen LogP contribution >= 0.6 is 15.9 Å². The topological polar surface area (TPSA) is 9.23 Å². The van der Waals surface area contributed by atoms with Gasteiger partial charge in [-0.15, -0.1) is 0 Å². The quantitative estimate of drug-likeness (QED) is 0.431. The van der Waals surface area contributed by atoms with Crippen LogP contribution in [-0.2, 0) is 4.43 Å². The van der Waals surface area contributed by atoms with E-state index in [1.54, 1.807) is 11.1 Å². The first-order valence-corrected chi connectivity index (χ1v) is 10.1. The zero-order chi connectivity index (χ0) is 12.3. The van der Waals surface area contributed by atoms with Crippen molar-refractivity contribution in [2.75, 3.05) is 11.9 Å². The van der Waals surface area contributed by atoms with Crippen LogP contribution in [0.3, 0.4) is 0 Å². The Morgan fingerprint density at radius 1 is 1.38 bits per heavy atom. The van der Waals surface area contributed by atoms with E-state index < -0.39 is 9.04 Å². The molecule has 0 saturated carbocycles. The number of hydrogen-bond donors (Lipinski definition) is 0. The molecule has 0 saturated heterocycles. The highest BCUT2D eigenvalue weighted by atomic mass is 79.9. The van der Waals surface area contributed by atoms with E-state index in [-0.39, 0.29) is 0 Å². The van der Waals surface area contributed by atoms with Crippen LogP contribution < -0.4 is 0 Å². The molecule has 94 valence electrons. The highest BCUT2D eigenvalue weighted by molar-refractivity contribution is 9.09. The maximum absolute atomic E-state index is 5.88. The Morgan fingerprint density at radius 2 is 2.00 bits per heavy atom. The predicted molar refractivity (Wildman–Crippen MR) is 77.8 cm³/mol. The van der Waals surface area contributed by atoms with E-state index in [9.17, 15) is 0 Å². The van der Waals surface area contributed by atoms with Gasteiger partial charge in [-0.3, -0.25) is 0 Å². The summed E-state index contributed by atoms with van der Waals surface area (Å²) in [6, 6.07) is 0. The summed E-state index contributed by atoms with van der Waals surface area (Å²) in [7, 11) is -0.877. The van der Waals surface area contributed by atoms with Gasteiger partial charge in [0.1, 0.15) is 0 Å². The fourth-order valence-electron chi connectivity index (χ4n) is 2.48. The minimum Gasteiger partial charge on any atom is -0.417 e. The SMILES string of the molecule is C[SiH](C)OCC1=C(CBr)C(C(C)(C)C)CC1. The van der Waals surface area contributed by atoms with E-state index in [0.717, 1.165) is 17.9 Å². The summed E-state index contributed by atoms with van der Waals surface area (Å²) in [4.78, 5) is 0. The van der Waals surface area contributed by atoms with Gasteiger partial charge in [0.05, 0.1) is 6.61 Å². The van der Waals surface area contributed by atoms with Crippen LogP contribution in [0.1, 0.15) is 33.6 Å². The minimum atomic E-state index is -0.877. The molecular formula is C13H25BrOSi. The molecule has 1 nitrogen and oxygen atoms in total. The normalized spacial score (nSPS) is 22.3. The third kappa shape index (κ3) is 3.71. The number of hydrogen-bond acceptors (Lipinski definition) is 1. The molecule has 0 amide bonds. The molecule has 1 atom stereocenters. The van der Waals surface area contributed by atoms with Crippen molar-refractivity contribution in [3.8, 4) is 0 Å². The minimum absolute atomic E-state index is 0.389. The van der Waals surface area contributed by atoms with E-state index in [0.29, 0.717) is 5.41 Å². The molecule has 0 fully saturated rings. The molecule has 1 aliphatic carbocycles. The van der Waals surface area contributed by atoms with E-state index in [2.05, 4.69) is 49.8 Å². The first-order chi connectivity index (χ1) is 7.36. The van der Waals surface area contributed by atoms with Gasteiger partial charge in [0.2, 0.25) is 0 Å². The molecule has 0 aromatic rings. The molecule has 1 aliphatic rings. The van der Waals surface area contributed by atoms with Gasteiger partial charge in [-0.05, 0) is 42.8 Å². The molecule has 0 aromatic carbocycles. The van der Waals surface area contributed by atoms with Crippen LogP contribution in [0.4, 0.5) is 0 Å². The van der Waals surface area contributed by atoms with Crippen molar-refractivity contribution in [1.29, 1.82) is 0 Å². The Balaban J connectivity index is 2.74. The summed E-state index contributed by atoms with van der Waals surface area (Å²) in [6.07, 6.45) is 2.55. The van der Waals surface area contributed by atoms with Crippen LogP contribution in [0, 0.1) is 11.3 Å². The maximum Gasteiger partial charge on any atom is 0.171 e. The molecule has 0 radical (unpaired) electrons. The van der Waals surface area contributed by atoms with Crippen molar-refractivity contribution in [1.82, 2.24) is 0 Å². The fourth-order valence-corrected chi connectivity index (χ4v) is 3.80. The second-order valence-corrected chi connectivity index (χ2v) is 9.07. The molecule has 1 rings (SSSR count). The number of rotatable bonds is 4. The van der Waals surface area contributed by atoms with Gasteiger partial charge < -0.3 is 4.43 Å². The molecule has 1 unspecified atom stereocenters. The second kappa shape index (κ2) is 5.83. The van der Waals surface area contributed by atoms with Crippen molar-refractivity contribution in [3.63, 3.8) is 0 Å². The number of halogens is 1. The molecule has 3 heteroatoms. The highest BCUT2D eigenvalue weighted by Gasteiger charge is 2.33. The molecule has 0 bridgehead atoms. The monoisotopic (exact) mass is 304 g/mol. The lowest BCUT2D eigenvalue weighted by Crippen LogP contribution is -2.21. The Hall–Kier alpha value is 0.397. The molecule has 0 aromatic heterocycles. The summed E-state index contributed by atoms with van der Waals surface area (Å²) in [6.45, 7) is 12.4. The average molecular weight is 305 g/mol. The number of alkyl halides is 1. The van der Waals surface area contributed by atoms with Gasteiger partial charge in [-0.1, -0.05) is 42.3 Å². The molecular weight excluding hydrogens is 280 g/mol. The summed E-state index contributed by atoms with van der Waals surface area (Å²) in [5, 5.41) is 1.02. The average Bonchev–Trinajstić information content (AvgIpc) is 2.56. The lowest BCUT2D eigenvalue weighted by atomic mass is 9.77. The van der Waals surface area contributed by atoms with Gasteiger partial charge >= 0.3 is 0 Å². The Morgan fingerprint density at radius 3 is 2.44 bits per heavy atom. The Kier molecular flexibility index (Phi) is 5.27. The zero-order valence-electron chi connectivity index (χ0n) is 11.3. The van der Waals surface area contributed by atoms with Gasteiger partial charge in [0.15, 0.2) is 9.04 Å². The van der Waals surface area contributed by atoms with E-state index >= 15 is 0 Å². The largest absolute Gasteiger partial charge is 0.417 e. The third-order valence-electron chi connectivity index (χ3n) is 3.39. The lowest BCUT2D eigenvalue weighted by Gasteiger charge is -2.29. The van der Waals surface area contributed by atoms with Gasteiger partial charge in [-0.2, -0.15) is 0 Å². The standard InChI is InChI=1S/C13H25BrOSi/c1-13(2,3)12-7-6-10(11(12)8-14)9-15-16(4)5/h12,16H,6-9H2,1-5H3. The van der Waals surface area contributed by atoms with Crippen LogP contribution in [-0.4, -0.2) is 21.0 Å². The zero-order valence-corrected chi connectivity index (χ0v) is 14.0. The van der Waals surface area contributed by atoms with Crippen LogP contribution in [0.5, 0.6) is 0 Å². The lowest BCUT2D eigenvalue weighted by molar-refractivity contribution is 0.279. The molecule has 16 heavy (non-hydrogen) atoms. The van der Waals surface area contributed by atoms with Crippen molar-refractivity contribution < 1.29 is 4.43 Å². The van der Waals surface area contributed by atoms with Crippen molar-refractivity contribution >= 4 is 25.0 Å². The maximum atomic E-state index is 5.88. The molecule has 0 N–H and O–H groups in total. The second-order valence-electron chi connectivity index (χ2n) is 6.08. The summed E-state index contributed by atoms with van der Waals surface area (Å²) in [5.41, 5.74) is 3.57. The van der Waals surface area contributed by atoms with Crippen LogP contribution in [0.15, 0.2) is 11.1 Å². The summed E-state index contributed by atoms with van der Waals surface area (Å²) in [5.74, 6) is 0.735. The first kappa shape index (κ1) is 14.5. The van der Waals surface area contributed by atoms with Gasteiger partial charge in [0, 0.05) is 5.33 Å². The summed E-state index contributed by atoms with van der Waals surface area (Å²) < 4.78 is 5.88. The fraction of sp³-hybridized carbons (Fsp3) is 0.846.